The molecule has 0 bridgehead atoms. The van der Waals surface area contributed by atoms with E-state index in [9.17, 15) is 8.78 Å². The van der Waals surface area contributed by atoms with Gasteiger partial charge >= 0.3 is 0 Å². The summed E-state index contributed by atoms with van der Waals surface area (Å²) in [5.41, 5.74) is 2.24. The minimum Gasteiger partial charge on any atom is -0.381 e. The van der Waals surface area contributed by atoms with Gasteiger partial charge in [-0.25, -0.2) is 8.78 Å². The van der Waals surface area contributed by atoms with Crippen molar-refractivity contribution < 1.29 is 8.78 Å². The maximum Gasteiger partial charge on any atom is 0.142 e. The summed E-state index contributed by atoms with van der Waals surface area (Å²) in [5, 5.41) is 3.07. The third-order valence-corrected chi connectivity index (χ3v) is 3.36. The van der Waals surface area contributed by atoms with E-state index in [1.54, 1.807) is 18.2 Å². The summed E-state index contributed by atoms with van der Waals surface area (Å²) >= 11 is 3.16. The normalized spacial score (nSPS) is 10.4. The quantitative estimate of drug-likeness (QED) is 0.870. The Kier molecular flexibility index (Phi) is 3.97. The highest BCUT2D eigenvalue weighted by molar-refractivity contribution is 9.10. The van der Waals surface area contributed by atoms with Crippen LogP contribution in [0.1, 0.15) is 11.1 Å². The second-order valence-electron chi connectivity index (χ2n) is 4.02. The van der Waals surface area contributed by atoms with Crippen LogP contribution in [0.15, 0.2) is 40.9 Å². The van der Waals surface area contributed by atoms with E-state index in [4.69, 9.17) is 0 Å². The minimum atomic E-state index is -0.287. The molecule has 0 aromatic heterocycles. The highest BCUT2D eigenvalue weighted by atomic mass is 79.9. The maximum atomic E-state index is 13.9. The molecule has 0 fully saturated rings. The predicted molar refractivity (Wildman–Crippen MR) is 72.6 cm³/mol. The molecule has 18 heavy (non-hydrogen) atoms. The zero-order valence-electron chi connectivity index (χ0n) is 9.81. The minimum absolute atomic E-state index is 0.260. The second kappa shape index (κ2) is 5.48. The van der Waals surface area contributed by atoms with Crippen LogP contribution in [0, 0.1) is 18.6 Å². The number of halogens is 3. The van der Waals surface area contributed by atoms with Gasteiger partial charge in [-0.3, -0.25) is 0 Å². The molecule has 2 aromatic carbocycles. The largest absolute Gasteiger partial charge is 0.381 e. The molecule has 1 nitrogen and oxygen atoms in total. The smallest absolute Gasteiger partial charge is 0.142 e. The molecule has 1 N–H and O–H groups in total. The first-order chi connectivity index (χ1) is 8.58. The summed E-state index contributed by atoms with van der Waals surface area (Å²) in [4.78, 5) is 0. The monoisotopic (exact) mass is 311 g/mol. The number of hydrogen-bond donors (Lipinski definition) is 1. The molecule has 0 radical (unpaired) electrons. The number of rotatable bonds is 3. The van der Waals surface area contributed by atoms with Crippen LogP contribution in [-0.4, -0.2) is 0 Å². The lowest BCUT2D eigenvalue weighted by molar-refractivity contribution is 0.604. The van der Waals surface area contributed by atoms with Gasteiger partial charge in [-0.05, 0) is 58.7 Å². The summed E-state index contributed by atoms with van der Waals surface area (Å²) in [6, 6.07) is 9.53. The van der Waals surface area contributed by atoms with Gasteiger partial charge in [-0.1, -0.05) is 6.07 Å². The van der Waals surface area contributed by atoms with Crippen LogP contribution in [0.3, 0.4) is 0 Å². The molecule has 0 aliphatic carbocycles. The Morgan fingerprint density at radius 3 is 2.39 bits per heavy atom. The topological polar surface area (TPSA) is 12.0 Å². The molecule has 0 amide bonds. The van der Waals surface area contributed by atoms with E-state index in [1.807, 2.05) is 13.0 Å². The molecule has 2 aromatic rings. The van der Waals surface area contributed by atoms with Gasteiger partial charge in [0.25, 0.3) is 0 Å². The van der Waals surface area contributed by atoms with E-state index in [-0.39, 0.29) is 11.6 Å². The molecule has 0 heterocycles. The second-order valence-corrected chi connectivity index (χ2v) is 4.87. The average molecular weight is 312 g/mol. The van der Waals surface area contributed by atoms with Crippen LogP contribution in [0.2, 0.25) is 0 Å². The first kappa shape index (κ1) is 13.0. The molecular formula is C14H12BrF2N. The lowest BCUT2D eigenvalue weighted by Gasteiger charge is -2.11. The Labute approximate surface area is 113 Å². The Balaban J connectivity index is 2.15. The molecule has 2 rings (SSSR count). The zero-order chi connectivity index (χ0) is 13.1. The van der Waals surface area contributed by atoms with Crippen LogP contribution in [-0.2, 0) is 6.54 Å². The first-order valence-electron chi connectivity index (χ1n) is 5.51. The third-order valence-electron chi connectivity index (χ3n) is 2.74. The molecule has 0 aliphatic heterocycles. The molecule has 94 valence electrons. The average Bonchev–Trinajstić information content (AvgIpc) is 2.36. The van der Waals surface area contributed by atoms with Crippen molar-refractivity contribution in [2.24, 2.45) is 0 Å². The van der Waals surface area contributed by atoms with Crippen LogP contribution in [0.5, 0.6) is 0 Å². The van der Waals surface area contributed by atoms with Gasteiger partial charge < -0.3 is 5.32 Å². The van der Waals surface area contributed by atoms with Gasteiger partial charge in [-0.15, -0.1) is 0 Å². The molecule has 0 saturated heterocycles. The third kappa shape index (κ3) is 2.88. The van der Waals surface area contributed by atoms with E-state index in [2.05, 4.69) is 21.2 Å². The summed E-state index contributed by atoms with van der Waals surface area (Å²) in [6.45, 7) is 2.22. The molecule has 0 spiro atoms. The fraction of sp³-hybridized carbons (Fsp3) is 0.143. The van der Waals surface area contributed by atoms with E-state index < -0.39 is 0 Å². The van der Waals surface area contributed by atoms with Crippen molar-refractivity contribution in [1.82, 2.24) is 0 Å². The fourth-order valence-electron chi connectivity index (χ4n) is 1.66. The van der Waals surface area contributed by atoms with Gasteiger partial charge in [0.15, 0.2) is 0 Å². The van der Waals surface area contributed by atoms with Crippen LogP contribution >= 0.6 is 15.9 Å². The van der Waals surface area contributed by atoms with Gasteiger partial charge in [0, 0.05) is 17.8 Å². The number of anilines is 1. The fourth-order valence-corrected chi connectivity index (χ4v) is 2.04. The van der Waals surface area contributed by atoms with Crippen LogP contribution < -0.4 is 5.32 Å². The SMILES string of the molecule is Cc1ccc(Br)c(F)c1CNc1ccc(F)cc1. The van der Waals surface area contributed by atoms with Gasteiger partial charge in [0.05, 0.1) is 4.47 Å². The van der Waals surface area contributed by atoms with E-state index in [1.165, 1.54) is 12.1 Å². The summed E-state index contributed by atoms with van der Waals surface area (Å²) in [5.74, 6) is -0.546. The van der Waals surface area contributed by atoms with E-state index in [0.717, 1.165) is 11.3 Å². The maximum absolute atomic E-state index is 13.9. The van der Waals surface area contributed by atoms with Crippen molar-refractivity contribution in [2.45, 2.75) is 13.5 Å². The van der Waals surface area contributed by atoms with Crippen molar-refractivity contribution in [3.05, 3.63) is 63.6 Å². The molecular weight excluding hydrogens is 300 g/mol. The zero-order valence-corrected chi connectivity index (χ0v) is 11.4. The highest BCUT2D eigenvalue weighted by Gasteiger charge is 2.09. The lowest BCUT2D eigenvalue weighted by Crippen LogP contribution is -2.04. The van der Waals surface area contributed by atoms with Gasteiger partial charge in [-0.2, -0.15) is 0 Å². The number of aryl methyl sites for hydroxylation is 1. The van der Waals surface area contributed by atoms with Crippen molar-refractivity contribution in [3.8, 4) is 0 Å². The summed E-state index contributed by atoms with van der Waals surface area (Å²) in [6.07, 6.45) is 0. The lowest BCUT2D eigenvalue weighted by atomic mass is 10.1. The van der Waals surface area contributed by atoms with Crippen LogP contribution in [0.25, 0.3) is 0 Å². The van der Waals surface area contributed by atoms with E-state index >= 15 is 0 Å². The molecule has 4 heteroatoms. The van der Waals surface area contributed by atoms with Crippen molar-refractivity contribution in [2.75, 3.05) is 5.32 Å². The molecule has 0 aliphatic rings. The molecule has 0 saturated carbocycles. The predicted octanol–water partition coefficient (Wildman–Crippen LogP) is 4.65. The number of benzene rings is 2. The highest BCUT2D eigenvalue weighted by Crippen LogP contribution is 2.23. The van der Waals surface area contributed by atoms with Gasteiger partial charge in [0.1, 0.15) is 11.6 Å². The van der Waals surface area contributed by atoms with Gasteiger partial charge in [0.2, 0.25) is 0 Å². The van der Waals surface area contributed by atoms with Crippen molar-refractivity contribution >= 4 is 21.6 Å². The van der Waals surface area contributed by atoms with Crippen molar-refractivity contribution in [1.29, 1.82) is 0 Å². The standard InChI is InChI=1S/C14H12BrF2N/c1-9-2-7-13(15)14(17)12(9)8-18-11-5-3-10(16)4-6-11/h2-7,18H,8H2,1H3. The van der Waals surface area contributed by atoms with Crippen LogP contribution in [0.4, 0.5) is 14.5 Å². The Bertz CT molecular complexity index is 552. The Hall–Kier alpha value is -1.42. The molecule has 0 atom stereocenters. The Morgan fingerprint density at radius 1 is 1.06 bits per heavy atom. The number of nitrogens with one attached hydrogen (secondary N) is 1. The van der Waals surface area contributed by atoms with E-state index in [0.29, 0.717) is 16.6 Å². The summed E-state index contributed by atoms with van der Waals surface area (Å²) in [7, 11) is 0. The molecule has 0 unspecified atom stereocenters. The Morgan fingerprint density at radius 2 is 1.72 bits per heavy atom. The first-order valence-corrected chi connectivity index (χ1v) is 6.30. The summed E-state index contributed by atoms with van der Waals surface area (Å²) < 4.78 is 27.1. The van der Waals surface area contributed by atoms with Crippen molar-refractivity contribution in [3.63, 3.8) is 0 Å². The number of hydrogen-bond acceptors (Lipinski definition) is 1.